The van der Waals surface area contributed by atoms with Crippen molar-refractivity contribution in [2.45, 2.75) is 37.6 Å². The highest BCUT2D eigenvalue weighted by molar-refractivity contribution is 7.99. The Kier molecular flexibility index (Phi) is 2.13. The molecule has 0 unspecified atom stereocenters. The van der Waals surface area contributed by atoms with Gasteiger partial charge in [0.2, 0.25) is 0 Å². The van der Waals surface area contributed by atoms with Crippen molar-refractivity contribution in [3.05, 3.63) is 11.3 Å². The van der Waals surface area contributed by atoms with E-state index < -0.39 is 0 Å². The van der Waals surface area contributed by atoms with Crippen molar-refractivity contribution in [3.8, 4) is 0 Å². The van der Waals surface area contributed by atoms with Crippen molar-refractivity contribution >= 4 is 11.8 Å². The zero-order valence-corrected chi connectivity index (χ0v) is 8.37. The summed E-state index contributed by atoms with van der Waals surface area (Å²) < 4.78 is 0. The average molecular weight is 182 g/mol. The molecule has 2 heterocycles. The van der Waals surface area contributed by atoms with Crippen molar-refractivity contribution in [1.29, 1.82) is 0 Å². The third-order valence-corrected chi connectivity index (χ3v) is 3.34. The van der Waals surface area contributed by atoms with Crippen LogP contribution in [0.5, 0.6) is 0 Å². The molecule has 0 atom stereocenters. The number of nitrogens with zero attached hydrogens (tertiary/aromatic N) is 1. The van der Waals surface area contributed by atoms with Crippen molar-refractivity contribution in [2.24, 2.45) is 0 Å². The molecule has 1 aromatic heterocycles. The van der Waals surface area contributed by atoms with E-state index in [0.29, 0.717) is 5.92 Å². The van der Waals surface area contributed by atoms with Crippen LogP contribution in [0.4, 0.5) is 0 Å². The number of fused-ring (bicyclic) bond motifs is 1. The minimum absolute atomic E-state index is 0.559. The van der Waals surface area contributed by atoms with E-state index in [9.17, 15) is 0 Å². The fourth-order valence-electron chi connectivity index (χ4n) is 1.62. The molecule has 2 rings (SSSR count). The molecule has 1 aliphatic rings. The summed E-state index contributed by atoms with van der Waals surface area (Å²) in [6.07, 6.45) is 2.52. The molecule has 0 spiro atoms. The Bertz CT molecular complexity index is 278. The monoisotopic (exact) mass is 182 g/mol. The third-order valence-electron chi connectivity index (χ3n) is 2.23. The van der Waals surface area contributed by atoms with Gasteiger partial charge in [0, 0.05) is 5.56 Å². The fraction of sp³-hybridized carbons (Fsp3) is 0.667. The van der Waals surface area contributed by atoms with Crippen LogP contribution in [0.2, 0.25) is 0 Å². The summed E-state index contributed by atoms with van der Waals surface area (Å²) in [5.74, 6) is 1.80. The Balaban J connectivity index is 2.38. The molecular weight excluding hydrogens is 168 g/mol. The third kappa shape index (κ3) is 1.26. The maximum absolute atomic E-state index is 4.35. The predicted octanol–water partition coefficient (Wildman–Crippen LogP) is 2.57. The lowest BCUT2D eigenvalue weighted by atomic mass is 10.0. The van der Waals surface area contributed by atoms with E-state index in [0.717, 1.165) is 0 Å². The summed E-state index contributed by atoms with van der Waals surface area (Å²) in [5, 5.41) is 8.78. The fourth-order valence-corrected chi connectivity index (χ4v) is 2.61. The Morgan fingerprint density at radius 3 is 3.08 bits per heavy atom. The first-order chi connectivity index (χ1) is 5.79. The minimum atomic E-state index is 0.559. The van der Waals surface area contributed by atoms with E-state index in [1.165, 1.54) is 34.9 Å². The number of H-pyrrole nitrogens is 1. The number of hydrogen-bond donors (Lipinski definition) is 1. The average Bonchev–Trinajstić information content (AvgIpc) is 2.47. The first kappa shape index (κ1) is 8.17. The number of rotatable bonds is 1. The number of aromatic nitrogens is 2. The van der Waals surface area contributed by atoms with E-state index in [1.54, 1.807) is 0 Å². The number of thioether (sulfide) groups is 1. The Morgan fingerprint density at radius 2 is 2.33 bits per heavy atom. The molecule has 0 saturated heterocycles. The topological polar surface area (TPSA) is 28.7 Å². The van der Waals surface area contributed by atoms with Crippen LogP contribution < -0.4 is 0 Å². The molecule has 0 radical (unpaired) electrons. The predicted molar refractivity (Wildman–Crippen MR) is 51.7 cm³/mol. The number of hydrogen-bond acceptors (Lipinski definition) is 2. The van der Waals surface area contributed by atoms with Crippen LogP contribution in [-0.4, -0.2) is 16.0 Å². The molecule has 0 aromatic carbocycles. The second kappa shape index (κ2) is 3.13. The van der Waals surface area contributed by atoms with E-state index in [-0.39, 0.29) is 0 Å². The highest BCUT2D eigenvalue weighted by Gasteiger charge is 2.18. The zero-order valence-electron chi connectivity index (χ0n) is 7.55. The van der Waals surface area contributed by atoms with Crippen LogP contribution in [0.15, 0.2) is 5.03 Å². The number of nitrogens with one attached hydrogen (secondary N) is 1. The molecule has 0 saturated carbocycles. The highest BCUT2D eigenvalue weighted by Crippen LogP contribution is 2.32. The van der Waals surface area contributed by atoms with Gasteiger partial charge < -0.3 is 0 Å². The first-order valence-corrected chi connectivity index (χ1v) is 5.47. The molecule has 0 aliphatic carbocycles. The van der Waals surface area contributed by atoms with E-state index in [4.69, 9.17) is 0 Å². The van der Waals surface area contributed by atoms with Gasteiger partial charge in [-0.2, -0.15) is 5.10 Å². The summed E-state index contributed by atoms with van der Waals surface area (Å²) in [5.41, 5.74) is 2.75. The van der Waals surface area contributed by atoms with Crippen molar-refractivity contribution in [3.63, 3.8) is 0 Å². The minimum Gasteiger partial charge on any atom is -0.271 e. The van der Waals surface area contributed by atoms with Crippen LogP contribution in [0.3, 0.4) is 0 Å². The van der Waals surface area contributed by atoms with Gasteiger partial charge in [0.15, 0.2) is 0 Å². The van der Waals surface area contributed by atoms with E-state index in [1.807, 2.05) is 11.8 Å². The molecule has 1 aliphatic heterocycles. The van der Waals surface area contributed by atoms with Gasteiger partial charge in [0.1, 0.15) is 0 Å². The SMILES string of the molecule is CC(C)c1n[nH]c2c1CCCS2. The Morgan fingerprint density at radius 1 is 1.50 bits per heavy atom. The van der Waals surface area contributed by atoms with Gasteiger partial charge in [0.05, 0.1) is 10.7 Å². The molecule has 0 bridgehead atoms. The summed E-state index contributed by atoms with van der Waals surface area (Å²) in [6, 6.07) is 0. The molecule has 66 valence electrons. The molecular formula is C9H14N2S. The summed E-state index contributed by atoms with van der Waals surface area (Å²) >= 11 is 1.91. The van der Waals surface area contributed by atoms with Gasteiger partial charge in [0.25, 0.3) is 0 Å². The molecule has 0 amide bonds. The quantitative estimate of drug-likeness (QED) is 0.723. The van der Waals surface area contributed by atoms with Crippen LogP contribution in [-0.2, 0) is 6.42 Å². The van der Waals surface area contributed by atoms with Gasteiger partial charge >= 0.3 is 0 Å². The number of aromatic amines is 1. The van der Waals surface area contributed by atoms with E-state index >= 15 is 0 Å². The lowest BCUT2D eigenvalue weighted by Gasteiger charge is -2.11. The molecule has 0 fully saturated rings. The Hall–Kier alpha value is -0.440. The normalized spacial score (nSPS) is 16.6. The smallest absolute Gasteiger partial charge is 0.0942 e. The molecule has 1 N–H and O–H groups in total. The maximum atomic E-state index is 4.35. The summed E-state index contributed by atoms with van der Waals surface area (Å²) in [6.45, 7) is 4.41. The maximum Gasteiger partial charge on any atom is 0.0942 e. The van der Waals surface area contributed by atoms with Crippen molar-refractivity contribution < 1.29 is 0 Å². The summed E-state index contributed by atoms with van der Waals surface area (Å²) in [4.78, 5) is 0. The van der Waals surface area contributed by atoms with Gasteiger partial charge in [-0.05, 0) is 24.5 Å². The van der Waals surface area contributed by atoms with Gasteiger partial charge in [-0.3, -0.25) is 5.10 Å². The molecule has 1 aromatic rings. The molecule has 3 heteroatoms. The van der Waals surface area contributed by atoms with Crippen molar-refractivity contribution in [2.75, 3.05) is 5.75 Å². The van der Waals surface area contributed by atoms with Gasteiger partial charge in [-0.1, -0.05) is 13.8 Å². The van der Waals surface area contributed by atoms with Crippen LogP contribution in [0.1, 0.15) is 37.4 Å². The van der Waals surface area contributed by atoms with Crippen LogP contribution in [0, 0.1) is 0 Å². The van der Waals surface area contributed by atoms with E-state index in [2.05, 4.69) is 24.0 Å². The van der Waals surface area contributed by atoms with Crippen molar-refractivity contribution in [1.82, 2.24) is 10.2 Å². The van der Waals surface area contributed by atoms with Gasteiger partial charge in [-0.15, -0.1) is 11.8 Å². The lowest BCUT2D eigenvalue weighted by molar-refractivity contribution is 0.786. The van der Waals surface area contributed by atoms with Crippen LogP contribution >= 0.6 is 11.8 Å². The first-order valence-electron chi connectivity index (χ1n) is 4.49. The standard InChI is InChI=1S/C9H14N2S/c1-6(2)8-7-4-3-5-12-9(7)11-10-8/h6H,3-5H2,1-2H3,(H,10,11). The second-order valence-corrected chi connectivity index (χ2v) is 4.63. The highest BCUT2D eigenvalue weighted by atomic mass is 32.2. The Labute approximate surface area is 77.1 Å². The van der Waals surface area contributed by atoms with Crippen LogP contribution in [0.25, 0.3) is 0 Å². The largest absolute Gasteiger partial charge is 0.271 e. The van der Waals surface area contributed by atoms with Gasteiger partial charge in [-0.25, -0.2) is 0 Å². The second-order valence-electron chi connectivity index (χ2n) is 3.52. The molecule has 2 nitrogen and oxygen atoms in total. The summed E-state index contributed by atoms with van der Waals surface area (Å²) in [7, 11) is 0. The molecule has 12 heavy (non-hydrogen) atoms. The lowest BCUT2D eigenvalue weighted by Crippen LogP contribution is -2.00. The zero-order chi connectivity index (χ0) is 8.55.